The average Bonchev–Trinajstić information content (AvgIpc) is 2.21. The van der Waals surface area contributed by atoms with E-state index in [2.05, 4.69) is 5.32 Å². The molecule has 0 bridgehead atoms. The smallest absolute Gasteiger partial charge is 0.251 e. The number of benzene rings is 1. The Morgan fingerprint density at radius 1 is 1.44 bits per heavy atom. The summed E-state index contributed by atoms with van der Waals surface area (Å²) in [4.78, 5) is 11.7. The van der Waals surface area contributed by atoms with Crippen molar-refractivity contribution in [2.24, 2.45) is 11.7 Å². The van der Waals surface area contributed by atoms with Crippen molar-refractivity contribution in [1.29, 1.82) is 0 Å². The number of amides is 1. The summed E-state index contributed by atoms with van der Waals surface area (Å²) in [7, 11) is 0. The molecule has 3 nitrogen and oxygen atoms in total. The number of hydrogen-bond acceptors (Lipinski definition) is 2. The third-order valence-corrected chi connectivity index (χ3v) is 3.17. The Hall–Kier alpha value is -0.840. The lowest BCUT2D eigenvalue weighted by molar-refractivity contribution is 0.0935. The second kappa shape index (κ2) is 6.36. The number of rotatable bonds is 3. The van der Waals surface area contributed by atoms with Gasteiger partial charge in [-0.15, -0.1) is 12.4 Å². The van der Waals surface area contributed by atoms with Gasteiger partial charge in [0.05, 0.1) is 0 Å². The summed E-state index contributed by atoms with van der Waals surface area (Å²) in [6.07, 6.45) is 1.87. The lowest BCUT2D eigenvalue weighted by atomic mass is 9.81. The van der Waals surface area contributed by atoms with Crippen molar-refractivity contribution in [3.63, 3.8) is 0 Å². The number of nitrogens with one attached hydrogen (secondary N) is 1. The highest BCUT2D eigenvalue weighted by atomic mass is 35.5. The molecule has 0 unspecified atom stereocenters. The summed E-state index contributed by atoms with van der Waals surface area (Å²) in [5, 5.41) is 2.98. The average molecular weight is 293 g/mol. The Labute approximate surface area is 116 Å². The molecule has 18 heavy (non-hydrogen) atoms. The maximum Gasteiger partial charge on any atom is 0.251 e. The summed E-state index contributed by atoms with van der Waals surface area (Å²) in [5.74, 6) is -0.363. The Morgan fingerprint density at radius 3 is 2.67 bits per heavy atom. The van der Waals surface area contributed by atoms with E-state index in [-0.39, 0.29) is 34.9 Å². The first-order chi connectivity index (χ1) is 8.04. The Kier molecular flexibility index (Phi) is 5.38. The number of carbonyl (C=O) groups is 1. The normalized spacial score (nSPS) is 21.7. The predicted octanol–water partition coefficient (Wildman–Crippen LogP) is 2.37. The molecule has 0 atom stereocenters. The fourth-order valence-corrected chi connectivity index (χ4v) is 2.20. The van der Waals surface area contributed by atoms with Gasteiger partial charge in [0.1, 0.15) is 5.82 Å². The maximum atomic E-state index is 13.0. The highest BCUT2D eigenvalue weighted by molar-refractivity contribution is 6.31. The molecule has 0 radical (unpaired) electrons. The van der Waals surface area contributed by atoms with Gasteiger partial charge in [0.2, 0.25) is 0 Å². The van der Waals surface area contributed by atoms with E-state index in [1.54, 1.807) is 0 Å². The van der Waals surface area contributed by atoms with E-state index in [1.165, 1.54) is 18.2 Å². The van der Waals surface area contributed by atoms with Crippen LogP contribution in [0.3, 0.4) is 0 Å². The van der Waals surface area contributed by atoms with Crippen LogP contribution in [0.25, 0.3) is 0 Å². The molecule has 1 aromatic carbocycles. The molecule has 1 saturated carbocycles. The lowest BCUT2D eigenvalue weighted by Crippen LogP contribution is -2.42. The molecule has 1 amide bonds. The van der Waals surface area contributed by atoms with Crippen LogP contribution in [0.1, 0.15) is 23.2 Å². The molecule has 0 aliphatic heterocycles. The third-order valence-electron chi connectivity index (χ3n) is 2.95. The summed E-state index contributed by atoms with van der Waals surface area (Å²) < 4.78 is 13.0. The van der Waals surface area contributed by atoms with Gasteiger partial charge in [0.25, 0.3) is 5.91 Å². The van der Waals surface area contributed by atoms with E-state index in [1.807, 2.05) is 0 Å². The summed E-state index contributed by atoms with van der Waals surface area (Å²) >= 11 is 5.68. The van der Waals surface area contributed by atoms with Crippen molar-refractivity contribution >= 4 is 29.9 Å². The summed E-state index contributed by atoms with van der Waals surface area (Å²) in [5.41, 5.74) is 5.90. The van der Waals surface area contributed by atoms with Crippen LogP contribution in [0.15, 0.2) is 18.2 Å². The van der Waals surface area contributed by atoms with E-state index in [4.69, 9.17) is 17.3 Å². The number of halogens is 3. The molecule has 1 aliphatic rings. The standard InChI is InChI=1S/C12H14ClFN2O.ClH/c13-9-3-8(4-10(14)5-9)12(17)16-6-7-1-11(15)2-7;/h3-5,7,11H,1-2,6,15H2,(H,16,17);1H. The zero-order chi connectivity index (χ0) is 12.4. The van der Waals surface area contributed by atoms with Crippen molar-refractivity contribution in [1.82, 2.24) is 5.32 Å². The van der Waals surface area contributed by atoms with Crippen LogP contribution in [0.5, 0.6) is 0 Å². The first kappa shape index (κ1) is 15.2. The second-order valence-electron chi connectivity index (χ2n) is 4.47. The lowest BCUT2D eigenvalue weighted by Gasteiger charge is -2.32. The molecule has 6 heteroatoms. The van der Waals surface area contributed by atoms with E-state index >= 15 is 0 Å². The van der Waals surface area contributed by atoms with Crippen molar-refractivity contribution in [2.75, 3.05) is 6.54 Å². The van der Waals surface area contributed by atoms with Crippen LogP contribution in [0.2, 0.25) is 5.02 Å². The number of carbonyl (C=O) groups excluding carboxylic acids is 1. The van der Waals surface area contributed by atoms with Crippen LogP contribution in [-0.2, 0) is 0 Å². The van der Waals surface area contributed by atoms with Crippen LogP contribution in [0.4, 0.5) is 4.39 Å². The Bertz CT molecular complexity index is 416. The van der Waals surface area contributed by atoms with E-state index in [0.717, 1.165) is 12.8 Å². The molecule has 1 aromatic rings. The predicted molar refractivity (Wildman–Crippen MR) is 71.7 cm³/mol. The number of hydrogen-bond donors (Lipinski definition) is 2. The van der Waals surface area contributed by atoms with Gasteiger partial charge in [-0.1, -0.05) is 11.6 Å². The molecular formula is C12H15Cl2FN2O. The van der Waals surface area contributed by atoms with Crippen LogP contribution >= 0.6 is 24.0 Å². The van der Waals surface area contributed by atoms with Gasteiger partial charge in [-0.25, -0.2) is 4.39 Å². The van der Waals surface area contributed by atoms with Gasteiger partial charge >= 0.3 is 0 Å². The zero-order valence-electron chi connectivity index (χ0n) is 9.66. The van der Waals surface area contributed by atoms with Crippen LogP contribution in [-0.4, -0.2) is 18.5 Å². The highest BCUT2D eigenvalue weighted by Crippen LogP contribution is 2.24. The van der Waals surface area contributed by atoms with Gasteiger partial charge in [-0.3, -0.25) is 4.79 Å². The van der Waals surface area contributed by atoms with Gasteiger partial charge in [-0.2, -0.15) is 0 Å². The Balaban J connectivity index is 0.00000162. The quantitative estimate of drug-likeness (QED) is 0.899. The first-order valence-corrected chi connectivity index (χ1v) is 5.92. The topological polar surface area (TPSA) is 55.1 Å². The zero-order valence-corrected chi connectivity index (χ0v) is 11.2. The van der Waals surface area contributed by atoms with Gasteiger partial charge < -0.3 is 11.1 Å². The highest BCUT2D eigenvalue weighted by Gasteiger charge is 2.26. The molecule has 0 spiro atoms. The first-order valence-electron chi connectivity index (χ1n) is 5.54. The van der Waals surface area contributed by atoms with Gasteiger partial charge in [0, 0.05) is 23.2 Å². The van der Waals surface area contributed by atoms with Crippen molar-refractivity contribution in [3.05, 3.63) is 34.6 Å². The molecule has 1 aliphatic carbocycles. The van der Waals surface area contributed by atoms with Crippen LogP contribution in [0, 0.1) is 11.7 Å². The Morgan fingerprint density at radius 2 is 2.11 bits per heavy atom. The minimum atomic E-state index is -0.506. The van der Waals surface area contributed by atoms with E-state index < -0.39 is 5.82 Å². The largest absolute Gasteiger partial charge is 0.352 e. The fourth-order valence-electron chi connectivity index (χ4n) is 1.98. The summed E-state index contributed by atoms with van der Waals surface area (Å²) in [6.45, 7) is 0.584. The minimum Gasteiger partial charge on any atom is -0.352 e. The van der Waals surface area contributed by atoms with E-state index in [9.17, 15) is 9.18 Å². The molecule has 100 valence electrons. The third kappa shape index (κ3) is 3.83. The molecule has 3 N–H and O–H groups in total. The van der Waals surface area contributed by atoms with Crippen molar-refractivity contribution < 1.29 is 9.18 Å². The van der Waals surface area contributed by atoms with E-state index in [0.29, 0.717) is 12.5 Å². The maximum absolute atomic E-state index is 13.0. The van der Waals surface area contributed by atoms with Gasteiger partial charge in [-0.05, 0) is 37.0 Å². The van der Waals surface area contributed by atoms with Crippen molar-refractivity contribution in [2.45, 2.75) is 18.9 Å². The van der Waals surface area contributed by atoms with Gasteiger partial charge in [0.15, 0.2) is 0 Å². The molecule has 2 rings (SSSR count). The van der Waals surface area contributed by atoms with Crippen LogP contribution < -0.4 is 11.1 Å². The summed E-state index contributed by atoms with van der Waals surface area (Å²) in [6, 6.07) is 4.06. The number of nitrogens with two attached hydrogens (primary N) is 1. The monoisotopic (exact) mass is 292 g/mol. The van der Waals surface area contributed by atoms with Crippen molar-refractivity contribution in [3.8, 4) is 0 Å². The fraction of sp³-hybridized carbons (Fsp3) is 0.417. The molecule has 1 fully saturated rings. The minimum absolute atomic E-state index is 0. The second-order valence-corrected chi connectivity index (χ2v) is 4.90. The molecule has 0 heterocycles. The molecule has 0 saturated heterocycles. The SMILES string of the molecule is Cl.NC1CC(CNC(=O)c2cc(F)cc(Cl)c2)C1. The molecular weight excluding hydrogens is 278 g/mol. The molecule has 0 aromatic heterocycles.